The number of carboxylic acids is 1. The number of carboxylic acid groups (broad SMARTS) is 1. The summed E-state index contributed by atoms with van der Waals surface area (Å²) in [7, 11) is -2.03. The van der Waals surface area contributed by atoms with E-state index in [-0.39, 0.29) is 53.9 Å². The van der Waals surface area contributed by atoms with Crippen LogP contribution < -0.4 is 5.32 Å². The number of fused-ring (bicyclic) bond motifs is 1. The van der Waals surface area contributed by atoms with Crippen molar-refractivity contribution in [3.63, 3.8) is 0 Å². The Hall–Kier alpha value is -1.66. The number of amides is 1. The summed E-state index contributed by atoms with van der Waals surface area (Å²) >= 11 is 16.1. The van der Waals surface area contributed by atoms with Crippen molar-refractivity contribution in [2.75, 3.05) is 18.5 Å². The summed E-state index contributed by atoms with van der Waals surface area (Å²) in [5.41, 5.74) is -0.277. The topological polar surface area (TPSA) is 101 Å². The van der Waals surface area contributed by atoms with Gasteiger partial charge in [0.25, 0.3) is 0 Å². The maximum absolute atomic E-state index is 15.4. The molecule has 2 N–H and O–H groups in total. The lowest BCUT2D eigenvalue weighted by Crippen LogP contribution is -2.51. The highest BCUT2D eigenvalue weighted by Crippen LogP contribution is 2.43. The van der Waals surface area contributed by atoms with E-state index in [0.29, 0.717) is 44.4 Å². The number of carbonyl (C=O) groups excluding carboxylic acids is 1. The van der Waals surface area contributed by atoms with Gasteiger partial charge < -0.3 is 24.5 Å². The lowest BCUT2D eigenvalue weighted by Gasteiger charge is -2.42. The molecule has 8 nitrogen and oxygen atoms in total. The molecule has 1 saturated heterocycles. The SMILES string of the molecule is CCc1c(Cl)c(Br)c(F)c2nc(Cl)c(C(=O)O)c(N[C@H]3CCN(C(=O)OC(C)(C)C)[C@H](CCO[Si](C)(C)C(C)(C)C)C3)c12. The van der Waals surface area contributed by atoms with E-state index in [1.807, 2.05) is 27.7 Å². The Bertz CT molecular complexity index is 1400. The highest BCUT2D eigenvalue weighted by molar-refractivity contribution is 9.10. The van der Waals surface area contributed by atoms with Gasteiger partial charge in [-0.25, -0.2) is 19.0 Å². The first-order chi connectivity index (χ1) is 19.7. The third-order valence-electron chi connectivity index (χ3n) is 8.29. The molecule has 0 saturated carbocycles. The lowest BCUT2D eigenvalue weighted by atomic mass is 9.93. The summed E-state index contributed by atoms with van der Waals surface area (Å²) in [6.07, 6.45) is 1.54. The van der Waals surface area contributed by atoms with Crippen molar-refractivity contribution in [1.29, 1.82) is 0 Å². The Morgan fingerprint density at radius 1 is 1.21 bits per heavy atom. The fraction of sp³-hybridized carbons (Fsp3) is 0.633. The summed E-state index contributed by atoms with van der Waals surface area (Å²) < 4.78 is 27.6. The number of hydrogen-bond donors (Lipinski definition) is 2. The lowest BCUT2D eigenvalue weighted by molar-refractivity contribution is 0.00624. The smallest absolute Gasteiger partial charge is 0.410 e. The molecule has 240 valence electrons. The van der Waals surface area contributed by atoms with Gasteiger partial charge in [-0.05, 0) is 86.1 Å². The minimum Gasteiger partial charge on any atom is -0.478 e. The maximum atomic E-state index is 15.4. The van der Waals surface area contributed by atoms with Crippen molar-refractivity contribution in [1.82, 2.24) is 9.88 Å². The second-order valence-electron chi connectivity index (χ2n) is 13.5. The van der Waals surface area contributed by atoms with E-state index in [2.05, 4.69) is 60.1 Å². The van der Waals surface area contributed by atoms with Gasteiger partial charge in [-0.15, -0.1) is 0 Å². The van der Waals surface area contributed by atoms with Gasteiger partial charge >= 0.3 is 12.1 Å². The minimum atomic E-state index is -2.03. The minimum absolute atomic E-state index is 0.0337. The van der Waals surface area contributed by atoms with Crippen LogP contribution in [0.1, 0.15) is 83.7 Å². The highest BCUT2D eigenvalue weighted by Gasteiger charge is 2.39. The Balaban J connectivity index is 2.03. The van der Waals surface area contributed by atoms with Crippen molar-refractivity contribution in [3.05, 3.63) is 31.6 Å². The number of piperidine rings is 1. The van der Waals surface area contributed by atoms with Gasteiger partial charge in [-0.1, -0.05) is 50.9 Å². The number of hydrogen-bond acceptors (Lipinski definition) is 6. The number of nitrogens with one attached hydrogen (secondary N) is 1. The second kappa shape index (κ2) is 13.4. The van der Waals surface area contributed by atoms with E-state index in [9.17, 15) is 14.7 Å². The van der Waals surface area contributed by atoms with Gasteiger partial charge in [-0.3, -0.25) is 0 Å². The van der Waals surface area contributed by atoms with Crippen LogP contribution in [0.2, 0.25) is 28.3 Å². The van der Waals surface area contributed by atoms with E-state index < -0.39 is 31.8 Å². The number of anilines is 1. The molecule has 0 radical (unpaired) electrons. The number of aromatic nitrogens is 1. The molecule has 3 rings (SSSR count). The van der Waals surface area contributed by atoms with Crippen molar-refractivity contribution in [3.8, 4) is 0 Å². The van der Waals surface area contributed by atoms with Crippen molar-refractivity contribution >= 4 is 76.1 Å². The molecule has 2 heterocycles. The fourth-order valence-corrected chi connectivity index (χ4v) is 7.07. The molecule has 0 unspecified atom stereocenters. The zero-order valence-corrected chi connectivity index (χ0v) is 30.5. The molecule has 1 aromatic heterocycles. The predicted octanol–water partition coefficient (Wildman–Crippen LogP) is 9.30. The van der Waals surface area contributed by atoms with Crippen molar-refractivity contribution in [2.45, 2.75) is 110 Å². The Morgan fingerprint density at radius 3 is 2.37 bits per heavy atom. The molecule has 0 bridgehead atoms. The van der Waals surface area contributed by atoms with Gasteiger partial charge in [0, 0.05) is 30.6 Å². The number of likely N-dealkylation sites (tertiary alicyclic amines) is 1. The molecule has 0 aliphatic carbocycles. The maximum Gasteiger partial charge on any atom is 0.410 e. The monoisotopic (exact) mass is 721 g/mol. The van der Waals surface area contributed by atoms with Crippen LogP contribution >= 0.6 is 39.1 Å². The molecule has 43 heavy (non-hydrogen) atoms. The number of aromatic carboxylic acids is 1. The second-order valence-corrected chi connectivity index (χ2v) is 19.9. The van der Waals surface area contributed by atoms with Gasteiger partial charge in [0.1, 0.15) is 21.8 Å². The Morgan fingerprint density at radius 2 is 1.84 bits per heavy atom. The number of halogens is 4. The molecular formula is C30H43BrCl2FN3O5Si. The molecule has 13 heteroatoms. The Labute approximate surface area is 273 Å². The summed E-state index contributed by atoms with van der Waals surface area (Å²) in [5.74, 6) is -2.02. The molecule has 2 aromatic rings. The zero-order chi connectivity index (χ0) is 32.7. The molecule has 0 spiro atoms. The Kier molecular flexibility index (Phi) is 11.1. The normalized spacial score (nSPS) is 18.2. The van der Waals surface area contributed by atoms with E-state index in [4.69, 9.17) is 32.4 Å². The number of benzene rings is 1. The number of aryl methyl sites for hydroxylation is 1. The van der Waals surface area contributed by atoms with E-state index >= 15 is 4.39 Å². The number of rotatable bonds is 8. The standard InChI is InChI=1S/C30H43BrCl2FN3O5Si/c1-10-18-19-24(20(27(38)39)26(33)36-25(19)23(34)21(31)22(18)32)35-16-11-13-37(28(40)42-29(2,3)4)17(15-16)12-14-41-43(8,9)30(5,6)7/h16-17H,10-15H2,1-9H3,(H,35,36)(H,38,39)/t16-,17+/m0/s1. The number of carbonyl (C=O) groups is 2. The molecular weight excluding hydrogens is 680 g/mol. The third kappa shape index (κ3) is 7.95. The van der Waals surface area contributed by atoms with Crippen LogP contribution in [0.15, 0.2) is 4.47 Å². The summed E-state index contributed by atoms with van der Waals surface area (Å²) in [6.45, 7) is 19.1. The van der Waals surface area contributed by atoms with Crippen molar-refractivity contribution in [2.24, 2.45) is 0 Å². The molecule has 1 aliphatic heterocycles. The van der Waals surface area contributed by atoms with Crippen LogP contribution in [0.5, 0.6) is 0 Å². The molecule has 1 fully saturated rings. The van der Waals surface area contributed by atoms with Gasteiger partial charge in [0.2, 0.25) is 0 Å². The van der Waals surface area contributed by atoms with Gasteiger partial charge in [-0.2, -0.15) is 0 Å². The van der Waals surface area contributed by atoms with Crippen LogP contribution in [0.25, 0.3) is 10.9 Å². The van der Waals surface area contributed by atoms with Gasteiger partial charge in [0.05, 0.1) is 15.2 Å². The average Bonchev–Trinajstić information content (AvgIpc) is 2.86. The summed E-state index contributed by atoms with van der Waals surface area (Å²) in [6, 6.07) is -0.519. The van der Waals surface area contributed by atoms with Crippen LogP contribution in [-0.2, 0) is 15.6 Å². The highest BCUT2D eigenvalue weighted by atomic mass is 79.9. The van der Waals surface area contributed by atoms with Gasteiger partial charge in [0.15, 0.2) is 14.1 Å². The third-order valence-corrected chi connectivity index (χ3v) is 14.5. The van der Waals surface area contributed by atoms with E-state index in [1.165, 1.54) is 0 Å². The average molecular weight is 724 g/mol. The molecule has 2 atom stereocenters. The van der Waals surface area contributed by atoms with E-state index in [1.54, 1.807) is 4.90 Å². The molecule has 1 amide bonds. The van der Waals surface area contributed by atoms with E-state index in [0.717, 1.165) is 0 Å². The largest absolute Gasteiger partial charge is 0.478 e. The first-order valence-electron chi connectivity index (χ1n) is 14.5. The van der Waals surface area contributed by atoms with Crippen LogP contribution in [0, 0.1) is 5.82 Å². The quantitative estimate of drug-likeness (QED) is 0.159. The number of pyridine rings is 1. The van der Waals surface area contributed by atoms with Crippen LogP contribution in [0.3, 0.4) is 0 Å². The number of ether oxygens (including phenoxy) is 1. The summed E-state index contributed by atoms with van der Waals surface area (Å²) in [4.78, 5) is 31.5. The zero-order valence-electron chi connectivity index (χ0n) is 26.4. The predicted molar refractivity (Wildman–Crippen MR) is 177 cm³/mol. The fourth-order valence-electron chi connectivity index (χ4n) is 5.01. The van der Waals surface area contributed by atoms with Crippen LogP contribution in [0.4, 0.5) is 14.9 Å². The first-order valence-corrected chi connectivity index (χ1v) is 19.0. The molecule has 1 aliphatic rings. The van der Waals surface area contributed by atoms with Crippen molar-refractivity contribution < 1.29 is 28.2 Å². The first kappa shape index (κ1) is 35.8. The number of nitrogens with zero attached hydrogens (tertiary/aromatic N) is 2. The summed E-state index contributed by atoms with van der Waals surface area (Å²) in [5, 5.41) is 13.7. The molecule has 1 aromatic carbocycles. The van der Waals surface area contributed by atoms with Crippen LogP contribution in [-0.4, -0.2) is 66.2 Å².